The molecule has 78 valence electrons. The van der Waals surface area contributed by atoms with Crippen LogP contribution in [0.15, 0.2) is 0 Å². The molecule has 0 aromatic carbocycles. The topological polar surface area (TPSA) is 55.4 Å². The highest BCUT2D eigenvalue weighted by atomic mass is 127. The van der Waals surface area contributed by atoms with Crippen molar-refractivity contribution in [2.45, 2.75) is 18.9 Å². The number of hydrogen-bond acceptors (Lipinski definition) is 3. The van der Waals surface area contributed by atoms with E-state index < -0.39 is 10.0 Å². The van der Waals surface area contributed by atoms with Gasteiger partial charge in [-0.3, -0.25) is 0 Å². The number of rotatable bonds is 5. The molecule has 1 saturated heterocycles. The van der Waals surface area contributed by atoms with E-state index in [0.717, 1.165) is 17.3 Å². The van der Waals surface area contributed by atoms with Crippen molar-refractivity contribution >= 4 is 32.6 Å². The highest BCUT2D eigenvalue weighted by molar-refractivity contribution is 14.1. The van der Waals surface area contributed by atoms with E-state index in [1.54, 1.807) is 0 Å². The first-order chi connectivity index (χ1) is 6.14. The fraction of sp³-hybridized carbons (Fsp3) is 1.00. The van der Waals surface area contributed by atoms with Crippen molar-refractivity contribution in [2.75, 3.05) is 23.3 Å². The molecule has 1 atom stereocenters. The molecule has 4 nitrogen and oxygen atoms in total. The van der Waals surface area contributed by atoms with Gasteiger partial charge < -0.3 is 4.74 Å². The summed E-state index contributed by atoms with van der Waals surface area (Å²) in [6.45, 7) is 1.21. The average molecular weight is 319 g/mol. The Morgan fingerprint density at radius 1 is 1.54 bits per heavy atom. The smallest absolute Gasteiger partial charge is 0.214 e. The Hall–Kier alpha value is 0.600. The summed E-state index contributed by atoms with van der Waals surface area (Å²) in [7, 11) is -3.11. The minimum Gasteiger partial charge on any atom is -0.377 e. The molecule has 13 heavy (non-hydrogen) atoms. The molecule has 0 aromatic heterocycles. The highest BCUT2D eigenvalue weighted by Gasteiger charge is 2.22. The SMILES string of the molecule is O=S(=O)(CC1CCCO1)NCCI. The molecule has 1 unspecified atom stereocenters. The summed E-state index contributed by atoms with van der Waals surface area (Å²) in [4.78, 5) is 0. The van der Waals surface area contributed by atoms with Crippen molar-refractivity contribution in [3.63, 3.8) is 0 Å². The standard InChI is InChI=1S/C7H14INO3S/c8-3-4-9-13(10,11)6-7-2-1-5-12-7/h7,9H,1-6H2. The summed E-state index contributed by atoms with van der Waals surface area (Å²) in [6, 6.07) is 0. The summed E-state index contributed by atoms with van der Waals surface area (Å²) in [5.41, 5.74) is 0. The van der Waals surface area contributed by atoms with E-state index in [9.17, 15) is 8.42 Å². The maximum absolute atomic E-state index is 11.4. The lowest BCUT2D eigenvalue weighted by molar-refractivity contribution is 0.127. The van der Waals surface area contributed by atoms with E-state index in [2.05, 4.69) is 27.3 Å². The number of halogens is 1. The molecular weight excluding hydrogens is 305 g/mol. The first-order valence-electron chi connectivity index (χ1n) is 4.29. The Balaban J connectivity index is 2.32. The van der Waals surface area contributed by atoms with Crippen LogP contribution >= 0.6 is 22.6 Å². The monoisotopic (exact) mass is 319 g/mol. The van der Waals surface area contributed by atoms with Gasteiger partial charge in [0, 0.05) is 17.6 Å². The van der Waals surface area contributed by atoms with Crippen LogP contribution in [0, 0.1) is 0 Å². The molecule has 1 heterocycles. The second kappa shape index (κ2) is 5.47. The van der Waals surface area contributed by atoms with E-state index in [1.807, 2.05) is 0 Å². The second-order valence-corrected chi connectivity index (χ2v) is 5.93. The third kappa shape index (κ3) is 4.57. The van der Waals surface area contributed by atoms with Crippen molar-refractivity contribution in [1.82, 2.24) is 4.72 Å². The van der Waals surface area contributed by atoms with Crippen molar-refractivity contribution in [3.05, 3.63) is 0 Å². The Morgan fingerprint density at radius 3 is 2.85 bits per heavy atom. The van der Waals surface area contributed by atoms with Crippen LogP contribution in [0.4, 0.5) is 0 Å². The molecule has 1 N–H and O–H groups in total. The summed E-state index contributed by atoms with van der Waals surface area (Å²) >= 11 is 2.13. The average Bonchev–Trinajstić information content (AvgIpc) is 2.52. The Kier molecular flexibility index (Phi) is 4.91. The van der Waals surface area contributed by atoms with Crippen LogP contribution < -0.4 is 4.72 Å². The molecule has 1 rings (SSSR count). The normalized spacial score (nSPS) is 23.6. The van der Waals surface area contributed by atoms with Gasteiger partial charge in [-0.05, 0) is 12.8 Å². The zero-order valence-electron chi connectivity index (χ0n) is 7.33. The molecule has 0 aromatic rings. The zero-order chi connectivity index (χ0) is 9.73. The zero-order valence-corrected chi connectivity index (χ0v) is 10.3. The Morgan fingerprint density at radius 2 is 2.31 bits per heavy atom. The van der Waals surface area contributed by atoms with Crippen LogP contribution in [0.25, 0.3) is 0 Å². The van der Waals surface area contributed by atoms with Crippen molar-refractivity contribution < 1.29 is 13.2 Å². The maximum atomic E-state index is 11.4. The number of nitrogens with one attached hydrogen (secondary N) is 1. The van der Waals surface area contributed by atoms with Crippen LogP contribution in [0.5, 0.6) is 0 Å². The summed E-state index contributed by atoms with van der Waals surface area (Å²) < 4.78 is 31.3. The number of ether oxygens (including phenoxy) is 1. The Bertz CT molecular complexity index is 236. The van der Waals surface area contributed by atoms with Crippen LogP contribution in [-0.4, -0.2) is 37.9 Å². The molecular formula is C7H14INO3S. The fourth-order valence-corrected chi connectivity index (χ4v) is 3.19. The van der Waals surface area contributed by atoms with Crippen LogP contribution in [0.1, 0.15) is 12.8 Å². The lowest BCUT2D eigenvalue weighted by Crippen LogP contribution is -2.32. The van der Waals surface area contributed by atoms with Gasteiger partial charge in [0.05, 0.1) is 11.9 Å². The fourth-order valence-electron chi connectivity index (χ4n) is 1.27. The molecule has 1 aliphatic heterocycles. The molecule has 6 heteroatoms. The van der Waals surface area contributed by atoms with E-state index in [4.69, 9.17) is 4.74 Å². The van der Waals surface area contributed by atoms with E-state index in [0.29, 0.717) is 13.2 Å². The first kappa shape index (κ1) is 11.7. The van der Waals surface area contributed by atoms with Gasteiger partial charge in [0.1, 0.15) is 0 Å². The molecule has 0 aliphatic carbocycles. The van der Waals surface area contributed by atoms with Gasteiger partial charge in [0.25, 0.3) is 0 Å². The predicted octanol–water partition coefficient (Wildman–Crippen LogP) is 0.520. The molecule has 1 fully saturated rings. The Labute approximate surface area is 92.6 Å². The van der Waals surface area contributed by atoms with Crippen molar-refractivity contribution in [2.24, 2.45) is 0 Å². The molecule has 0 radical (unpaired) electrons. The number of sulfonamides is 1. The van der Waals surface area contributed by atoms with E-state index in [1.165, 1.54) is 0 Å². The largest absolute Gasteiger partial charge is 0.377 e. The van der Waals surface area contributed by atoms with Crippen LogP contribution in [0.3, 0.4) is 0 Å². The number of hydrogen-bond donors (Lipinski definition) is 1. The quantitative estimate of drug-likeness (QED) is 0.594. The predicted molar refractivity (Wildman–Crippen MR) is 59.7 cm³/mol. The maximum Gasteiger partial charge on any atom is 0.214 e. The van der Waals surface area contributed by atoms with Gasteiger partial charge in [-0.2, -0.15) is 0 Å². The lowest BCUT2D eigenvalue weighted by atomic mass is 10.3. The summed E-state index contributed by atoms with van der Waals surface area (Å²) in [5, 5.41) is 0. The summed E-state index contributed by atoms with van der Waals surface area (Å²) in [6.07, 6.45) is 1.75. The molecule has 0 saturated carbocycles. The van der Waals surface area contributed by atoms with E-state index in [-0.39, 0.29) is 11.9 Å². The molecule has 0 spiro atoms. The van der Waals surface area contributed by atoms with Gasteiger partial charge in [0.2, 0.25) is 10.0 Å². The van der Waals surface area contributed by atoms with Gasteiger partial charge in [-0.25, -0.2) is 13.1 Å². The van der Waals surface area contributed by atoms with Gasteiger partial charge >= 0.3 is 0 Å². The first-order valence-corrected chi connectivity index (χ1v) is 7.47. The van der Waals surface area contributed by atoms with Gasteiger partial charge in [-0.1, -0.05) is 22.6 Å². The van der Waals surface area contributed by atoms with Crippen molar-refractivity contribution in [1.29, 1.82) is 0 Å². The van der Waals surface area contributed by atoms with Crippen molar-refractivity contribution in [3.8, 4) is 0 Å². The second-order valence-electron chi connectivity index (χ2n) is 3.00. The third-order valence-electron chi connectivity index (χ3n) is 1.85. The highest BCUT2D eigenvalue weighted by Crippen LogP contribution is 2.13. The molecule has 0 amide bonds. The van der Waals surface area contributed by atoms with Gasteiger partial charge in [-0.15, -0.1) is 0 Å². The lowest BCUT2D eigenvalue weighted by Gasteiger charge is -2.10. The summed E-state index contributed by atoms with van der Waals surface area (Å²) in [5.74, 6) is 0.115. The van der Waals surface area contributed by atoms with E-state index >= 15 is 0 Å². The molecule has 0 bridgehead atoms. The third-order valence-corrected chi connectivity index (χ3v) is 3.84. The minimum atomic E-state index is -3.11. The van der Waals surface area contributed by atoms with Crippen LogP contribution in [-0.2, 0) is 14.8 Å². The van der Waals surface area contributed by atoms with Crippen LogP contribution in [0.2, 0.25) is 0 Å². The molecule has 1 aliphatic rings. The minimum absolute atomic E-state index is 0.0910. The number of alkyl halides is 1. The van der Waals surface area contributed by atoms with Gasteiger partial charge in [0.15, 0.2) is 0 Å².